The molecule has 0 fully saturated rings. The first-order chi connectivity index (χ1) is 9.35. The van der Waals surface area contributed by atoms with Gasteiger partial charge < -0.3 is 9.47 Å². The number of imidazole rings is 1. The Kier molecular flexibility index (Phi) is 3.02. The van der Waals surface area contributed by atoms with Crippen LogP contribution >= 0.6 is 0 Å². The van der Waals surface area contributed by atoms with Crippen LogP contribution in [-0.4, -0.2) is 21.5 Å². The predicted octanol–water partition coefficient (Wildman–Crippen LogP) is 2.32. The lowest BCUT2D eigenvalue weighted by Crippen LogP contribution is -1.95. The lowest BCUT2D eigenvalue weighted by molar-refractivity contribution is 0.299. The van der Waals surface area contributed by atoms with Crippen molar-refractivity contribution in [2.24, 2.45) is 0 Å². The Bertz CT molecular complexity index is 661. The number of ether oxygens (including phenoxy) is 2. The van der Waals surface area contributed by atoms with Crippen molar-refractivity contribution in [3.8, 4) is 11.5 Å². The van der Waals surface area contributed by atoms with Crippen LogP contribution in [0.3, 0.4) is 0 Å². The molecule has 0 amide bonds. The van der Waals surface area contributed by atoms with Crippen LogP contribution in [0.2, 0.25) is 0 Å². The molecule has 0 aliphatic rings. The summed E-state index contributed by atoms with van der Waals surface area (Å²) >= 11 is 0. The van der Waals surface area contributed by atoms with E-state index in [-0.39, 0.29) is 0 Å². The molecule has 1 aromatic carbocycles. The summed E-state index contributed by atoms with van der Waals surface area (Å²) in [6.45, 7) is 0.399. The van der Waals surface area contributed by atoms with Crippen molar-refractivity contribution in [1.29, 1.82) is 0 Å². The van der Waals surface area contributed by atoms with Gasteiger partial charge in [0.2, 0.25) is 5.78 Å². The van der Waals surface area contributed by atoms with Gasteiger partial charge in [-0.3, -0.25) is 4.40 Å². The first-order valence-corrected chi connectivity index (χ1v) is 5.90. The molecule has 19 heavy (non-hydrogen) atoms. The molecular weight excluding hydrogens is 242 g/mol. The quantitative estimate of drug-likeness (QED) is 0.717. The third-order valence-corrected chi connectivity index (χ3v) is 2.71. The van der Waals surface area contributed by atoms with E-state index in [0.717, 1.165) is 17.2 Å². The molecule has 3 rings (SSSR count). The van der Waals surface area contributed by atoms with Crippen molar-refractivity contribution >= 4 is 5.78 Å². The van der Waals surface area contributed by atoms with Gasteiger partial charge in [-0.05, 0) is 18.2 Å². The fourth-order valence-corrected chi connectivity index (χ4v) is 1.80. The van der Waals surface area contributed by atoms with Crippen LogP contribution in [0, 0.1) is 0 Å². The molecule has 2 aromatic heterocycles. The molecule has 0 spiro atoms. The monoisotopic (exact) mass is 255 g/mol. The summed E-state index contributed by atoms with van der Waals surface area (Å²) < 4.78 is 12.7. The van der Waals surface area contributed by atoms with Crippen molar-refractivity contribution < 1.29 is 9.47 Å². The maximum Gasteiger partial charge on any atom is 0.234 e. The third kappa shape index (κ3) is 2.49. The highest BCUT2D eigenvalue weighted by molar-refractivity contribution is 5.33. The van der Waals surface area contributed by atoms with Gasteiger partial charge in [-0.15, -0.1) is 0 Å². The standard InChI is InChI=1S/C14H13N3O2/c1-18-12-4-2-5-13(8-12)19-10-11-9-17-7-3-6-15-14(17)16-11/h2-9H,10H2,1H3. The van der Waals surface area contributed by atoms with Crippen molar-refractivity contribution in [3.05, 3.63) is 54.6 Å². The van der Waals surface area contributed by atoms with E-state index >= 15 is 0 Å². The molecule has 0 aliphatic carbocycles. The molecule has 96 valence electrons. The van der Waals surface area contributed by atoms with Gasteiger partial charge in [0, 0.05) is 24.7 Å². The smallest absolute Gasteiger partial charge is 0.234 e. The van der Waals surface area contributed by atoms with Crippen LogP contribution in [0.4, 0.5) is 0 Å². The normalized spacial score (nSPS) is 10.6. The molecule has 0 saturated heterocycles. The van der Waals surface area contributed by atoms with Gasteiger partial charge in [-0.25, -0.2) is 9.97 Å². The van der Waals surface area contributed by atoms with E-state index in [1.165, 1.54) is 0 Å². The molecule has 5 nitrogen and oxygen atoms in total. The van der Waals surface area contributed by atoms with Crippen LogP contribution in [0.5, 0.6) is 11.5 Å². The highest BCUT2D eigenvalue weighted by Gasteiger charge is 2.03. The molecule has 0 N–H and O–H groups in total. The summed E-state index contributed by atoms with van der Waals surface area (Å²) in [5, 5.41) is 0. The van der Waals surface area contributed by atoms with Gasteiger partial charge in [-0.2, -0.15) is 0 Å². The molecule has 0 saturated carbocycles. The zero-order valence-electron chi connectivity index (χ0n) is 10.5. The molecule has 0 unspecified atom stereocenters. The van der Waals surface area contributed by atoms with E-state index in [9.17, 15) is 0 Å². The number of benzene rings is 1. The lowest BCUT2D eigenvalue weighted by Gasteiger charge is -2.05. The van der Waals surface area contributed by atoms with Crippen molar-refractivity contribution in [2.75, 3.05) is 7.11 Å². The second-order valence-electron chi connectivity index (χ2n) is 4.03. The van der Waals surface area contributed by atoms with Gasteiger partial charge in [0.05, 0.1) is 12.8 Å². The van der Waals surface area contributed by atoms with Crippen LogP contribution in [-0.2, 0) is 6.61 Å². The minimum Gasteiger partial charge on any atom is -0.497 e. The second-order valence-corrected chi connectivity index (χ2v) is 4.03. The number of rotatable bonds is 4. The van der Waals surface area contributed by atoms with Crippen LogP contribution in [0.1, 0.15) is 5.69 Å². The molecule has 5 heteroatoms. The summed E-state index contributed by atoms with van der Waals surface area (Å²) in [4.78, 5) is 8.53. The average molecular weight is 255 g/mol. The molecular formula is C14H13N3O2. The average Bonchev–Trinajstić information content (AvgIpc) is 2.88. The van der Waals surface area contributed by atoms with Gasteiger partial charge in [-0.1, -0.05) is 6.07 Å². The van der Waals surface area contributed by atoms with E-state index in [0.29, 0.717) is 12.4 Å². The van der Waals surface area contributed by atoms with Gasteiger partial charge >= 0.3 is 0 Å². The first-order valence-electron chi connectivity index (χ1n) is 5.90. The number of nitrogens with zero attached hydrogens (tertiary/aromatic N) is 3. The maximum absolute atomic E-state index is 5.68. The summed E-state index contributed by atoms with van der Waals surface area (Å²) in [6, 6.07) is 9.35. The van der Waals surface area contributed by atoms with Crippen LogP contribution in [0.25, 0.3) is 5.78 Å². The molecule has 0 aliphatic heterocycles. The fraction of sp³-hybridized carbons (Fsp3) is 0.143. The maximum atomic E-state index is 5.68. The van der Waals surface area contributed by atoms with Crippen LogP contribution < -0.4 is 9.47 Å². The SMILES string of the molecule is COc1cccc(OCc2cn3cccnc3n2)c1. The van der Waals surface area contributed by atoms with Gasteiger partial charge in [0.25, 0.3) is 0 Å². The molecule has 3 aromatic rings. The lowest BCUT2D eigenvalue weighted by atomic mass is 10.3. The Balaban J connectivity index is 1.74. The van der Waals surface area contributed by atoms with Crippen molar-refractivity contribution in [2.45, 2.75) is 6.61 Å². The number of methoxy groups -OCH3 is 1. The first kappa shape index (κ1) is 11.5. The Labute approximate surface area is 110 Å². The predicted molar refractivity (Wildman–Crippen MR) is 70.3 cm³/mol. The summed E-state index contributed by atoms with van der Waals surface area (Å²) in [6.07, 6.45) is 5.53. The molecule has 0 radical (unpaired) electrons. The summed E-state index contributed by atoms with van der Waals surface area (Å²) in [5.74, 6) is 2.20. The second kappa shape index (κ2) is 4.97. The Morgan fingerprint density at radius 1 is 1.21 bits per heavy atom. The minimum absolute atomic E-state index is 0.399. The zero-order chi connectivity index (χ0) is 13.1. The molecule has 2 heterocycles. The van der Waals surface area contributed by atoms with Gasteiger partial charge in [0.15, 0.2) is 0 Å². The van der Waals surface area contributed by atoms with E-state index in [1.807, 2.05) is 47.1 Å². The minimum atomic E-state index is 0.399. The van der Waals surface area contributed by atoms with Gasteiger partial charge in [0.1, 0.15) is 18.1 Å². The molecule has 0 bridgehead atoms. The van der Waals surface area contributed by atoms with Crippen LogP contribution in [0.15, 0.2) is 48.9 Å². The number of hydrogen-bond donors (Lipinski definition) is 0. The number of hydrogen-bond acceptors (Lipinski definition) is 4. The summed E-state index contributed by atoms with van der Waals surface area (Å²) in [7, 11) is 1.63. The van der Waals surface area contributed by atoms with E-state index in [4.69, 9.17) is 9.47 Å². The number of aromatic nitrogens is 3. The van der Waals surface area contributed by atoms with Crippen molar-refractivity contribution in [1.82, 2.24) is 14.4 Å². The Morgan fingerprint density at radius 2 is 2.11 bits per heavy atom. The number of fused-ring (bicyclic) bond motifs is 1. The largest absolute Gasteiger partial charge is 0.497 e. The highest BCUT2D eigenvalue weighted by Crippen LogP contribution is 2.19. The third-order valence-electron chi connectivity index (χ3n) is 2.71. The Morgan fingerprint density at radius 3 is 2.95 bits per heavy atom. The van der Waals surface area contributed by atoms with E-state index in [1.54, 1.807) is 13.3 Å². The zero-order valence-corrected chi connectivity index (χ0v) is 10.5. The fourth-order valence-electron chi connectivity index (χ4n) is 1.80. The Hall–Kier alpha value is -2.56. The molecule has 0 atom stereocenters. The summed E-state index contributed by atoms with van der Waals surface area (Å²) in [5.41, 5.74) is 0.835. The van der Waals surface area contributed by atoms with Crippen molar-refractivity contribution in [3.63, 3.8) is 0 Å². The highest BCUT2D eigenvalue weighted by atomic mass is 16.5. The topological polar surface area (TPSA) is 48.7 Å². The van der Waals surface area contributed by atoms with E-state index < -0.39 is 0 Å². The van der Waals surface area contributed by atoms with E-state index in [2.05, 4.69) is 9.97 Å².